The Labute approximate surface area is 122 Å². The van der Waals surface area contributed by atoms with Crippen molar-refractivity contribution in [2.75, 3.05) is 13.6 Å². The SMILES string of the molecule is C#CCCCn1cc(CCCCNC)c2ccccc21. The lowest BCUT2D eigenvalue weighted by molar-refractivity contribution is 0.663. The van der Waals surface area contributed by atoms with E-state index in [-0.39, 0.29) is 0 Å². The molecule has 0 aliphatic carbocycles. The first-order valence-corrected chi connectivity index (χ1v) is 7.51. The normalized spacial score (nSPS) is 10.8. The fourth-order valence-electron chi connectivity index (χ4n) is 2.68. The van der Waals surface area contributed by atoms with Gasteiger partial charge in [0.15, 0.2) is 0 Å². The van der Waals surface area contributed by atoms with Crippen molar-refractivity contribution in [3.05, 3.63) is 36.0 Å². The van der Waals surface area contributed by atoms with Crippen molar-refractivity contribution in [2.24, 2.45) is 0 Å². The standard InChI is InChI=1S/C18H24N2/c1-3-4-9-14-20-15-16(10-7-8-13-19-2)17-11-5-6-12-18(17)20/h1,5-6,11-12,15,19H,4,7-10,13-14H2,2H3. The molecule has 0 fully saturated rings. The lowest BCUT2D eigenvalue weighted by Crippen LogP contribution is -2.07. The van der Waals surface area contributed by atoms with Crippen molar-refractivity contribution in [1.29, 1.82) is 0 Å². The zero-order valence-corrected chi connectivity index (χ0v) is 12.4. The smallest absolute Gasteiger partial charge is 0.0483 e. The Kier molecular flexibility index (Phi) is 5.70. The summed E-state index contributed by atoms with van der Waals surface area (Å²) in [4.78, 5) is 0. The Hall–Kier alpha value is -1.72. The van der Waals surface area contributed by atoms with Gasteiger partial charge in [0.05, 0.1) is 0 Å². The monoisotopic (exact) mass is 268 g/mol. The number of para-hydroxylation sites is 1. The summed E-state index contributed by atoms with van der Waals surface area (Å²) in [7, 11) is 2.01. The molecule has 2 aromatic rings. The molecule has 106 valence electrons. The summed E-state index contributed by atoms with van der Waals surface area (Å²) in [6.07, 6.45) is 13.2. The lowest BCUT2D eigenvalue weighted by Gasteiger charge is -2.02. The van der Waals surface area contributed by atoms with E-state index < -0.39 is 0 Å². The summed E-state index contributed by atoms with van der Waals surface area (Å²) < 4.78 is 2.36. The van der Waals surface area contributed by atoms with E-state index in [0.717, 1.165) is 32.4 Å². The first-order valence-electron chi connectivity index (χ1n) is 7.51. The maximum absolute atomic E-state index is 5.34. The van der Waals surface area contributed by atoms with Gasteiger partial charge >= 0.3 is 0 Å². The molecule has 2 heteroatoms. The number of fused-ring (bicyclic) bond motifs is 1. The van der Waals surface area contributed by atoms with Crippen LogP contribution in [0.1, 0.15) is 31.2 Å². The van der Waals surface area contributed by atoms with Crippen LogP contribution in [0.5, 0.6) is 0 Å². The number of aryl methyl sites for hydroxylation is 2. The number of nitrogens with zero attached hydrogens (tertiary/aromatic N) is 1. The molecule has 1 aromatic carbocycles. The number of unbranched alkanes of at least 4 members (excludes halogenated alkanes) is 2. The van der Waals surface area contributed by atoms with Gasteiger partial charge in [-0.1, -0.05) is 18.2 Å². The number of hydrogen-bond acceptors (Lipinski definition) is 1. The third-order valence-corrected chi connectivity index (χ3v) is 3.71. The van der Waals surface area contributed by atoms with E-state index in [1.807, 2.05) is 7.05 Å². The Bertz CT molecular complexity index is 575. The predicted molar refractivity (Wildman–Crippen MR) is 86.9 cm³/mol. The number of hydrogen-bond donors (Lipinski definition) is 1. The number of aromatic nitrogens is 1. The van der Waals surface area contributed by atoms with Gasteiger partial charge in [-0.3, -0.25) is 0 Å². The second kappa shape index (κ2) is 7.77. The second-order valence-corrected chi connectivity index (χ2v) is 5.23. The van der Waals surface area contributed by atoms with Crippen LogP contribution in [-0.4, -0.2) is 18.2 Å². The van der Waals surface area contributed by atoms with Crippen LogP contribution < -0.4 is 5.32 Å². The minimum absolute atomic E-state index is 0.851. The summed E-state index contributed by atoms with van der Waals surface area (Å²) in [6, 6.07) is 8.69. The van der Waals surface area contributed by atoms with Gasteiger partial charge in [-0.15, -0.1) is 12.3 Å². The van der Waals surface area contributed by atoms with E-state index in [1.165, 1.54) is 29.3 Å². The Morgan fingerprint density at radius 3 is 2.85 bits per heavy atom. The summed E-state index contributed by atoms with van der Waals surface area (Å²) in [5.74, 6) is 2.72. The molecule has 0 amide bonds. The predicted octanol–water partition coefficient (Wildman–Crippen LogP) is 3.60. The van der Waals surface area contributed by atoms with E-state index in [4.69, 9.17) is 6.42 Å². The van der Waals surface area contributed by atoms with Crippen LogP contribution in [0.3, 0.4) is 0 Å². The topological polar surface area (TPSA) is 17.0 Å². The average Bonchev–Trinajstić information content (AvgIpc) is 2.83. The summed E-state index contributed by atoms with van der Waals surface area (Å²) in [5, 5.41) is 4.61. The van der Waals surface area contributed by atoms with Gasteiger partial charge in [0.1, 0.15) is 0 Å². The van der Waals surface area contributed by atoms with Crippen molar-refractivity contribution >= 4 is 10.9 Å². The van der Waals surface area contributed by atoms with E-state index >= 15 is 0 Å². The second-order valence-electron chi connectivity index (χ2n) is 5.23. The van der Waals surface area contributed by atoms with Crippen molar-refractivity contribution in [3.63, 3.8) is 0 Å². The first-order chi connectivity index (χ1) is 9.86. The van der Waals surface area contributed by atoms with Gasteiger partial charge in [-0.05, 0) is 50.9 Å². The van der Waals surface area contributed by atoms with Gasteiger partial charge in [-0.2, -0.15) is 0 Å². The first kappa shape index (κ1) is 14.7. The van der Waals surface area contributed by atoms with Crippen LogP contribution >= 0.6 is 0 Å². The Morgan fingerprint density at radius 2 is 2.05 bits per heavy atom. The largest absolute Gasteiger partial charge is 0.347 e. The Morgan fingerprint density at radius 1 is 1.20 bits per heavy atom. The van der Waals surface area contributed by atoms with Crippen LogP contribution in [0, 0.1) is 12.3 Å². The molecule has 0 spiro atoms. The highest BCUT2D eigenvalue weighted by molar-refractivity contribution is 5.83. The van der Waals surface area contributed by atoms with Crippen LogP contribution in [0.4, 0.5) is 0 Å². The highest BCUT2D eigenvalue weighted by Crippen LogP contribution is 2.23. The van der Waals surface area contributed by atoms with Crippen molar-refractivity contribution < 1.29 is 0 Å². The zero-order chi connectivity index (χ0) is 14.2. The van der Waals surface area contributed by atoms with Crippen molar-refractivity contribution in [3.8, 4) is 12.3 Å². The molecule has 1 heterocycles. The van der Waals surface area contributed by atoms with Crippen molar-refractivity contribution in [2.45, 2.75) is 38.6 Å². The van der Waals surface area contributed by atoms with Crippen LogP contribution in [0.2, 0.25) is 0 Å². The van der Waals surface area contributed by atoms with E-state index in [9.17, 15) is 0 Å². The molecular formula is C18H24N2. The molecule has 0 aliphatic rings. The Balaban J connectivity index is 2.11. The third kappa shape index (κ3) is 3.65. The summed E-state index contributed by atoms with van der Waals surface area (Å²) in [5.41, 5.74) is 2.81. The number of benzene rings is 1. The van der Waals surface area contributed by atoms with Gasteiger partial charge in [0, 0.05) is 30.1 Å². The molecule has 0 bridgehead atoms. The highest BCUT2D eigenvalue weighted by atomic mass is 15.0. The molecule has 0 saturated heterocycles. The fraction of sp³-hybridized carbons (Fsp3) is 0.444. The van der Waals surface area contributed by atoms with Gasteiger partial charge in [0.25, 0.3) is 0 Å². The van der Waals surface area contributed by atoms with E-state index in [1.54, 1.807) is 0 Å². The molecule has 1 aromatic heterocycles. The summed E-state index contributed by atoms with van der Waals surface area (Å²) in [6.45, 7) is 2.11. The molecule has 0 unspecified atom stereocenters. The van der Waals surface area contributed by atoms with Crippen LogP contribution in [0.15, 0.2) is 30.5 Å². The van der Waals surface area contributed by atoms with Gasteiger partial charge < -0.3 is 9.88 Å². The molecule has 0 saturated carbocycles. The molecule has 1 N–H and O–H groups in total. The maximum atomic E-state index is 5.34. The molecule has 2 nitrogen and oxygen atoms in total. The quantitative estimate of drug-likeness (QED) is 0.572. The lowest BCUT2D eigenvalue weighted by atomic mass is 10.1. The maximum Gasteiger partial charge on any atom is 0.0483 e. The zero-order valence-electron chi connectivity index (χ0n) is 12.4. The molecule has 0 aliphatic heterocycles. The number of rotatable bonds is 8. The van der Waals surface area contributed by atoms with Crippen molar-refractivity contribution in [1.82, 2.24) is 9.88 Å². The fourth-order valence-corrected chi connectivity index (χ4v) is 2.68. The van der Waals surface area contributed by atoms with E-state index in [2.05, 4.69) is 46.3 Å². The molecule has 0 atom stereocenters. The molecule has 20 heavy (non-hydrogen) atoms. The summed E-state index contributed by atoms with van der Waals surface area (Å²) >= 11 is 0. The minimum atomic E-state index is 0.851. The van der Waals surface area contributed by atoms with Crippen LogP contribution in [0.25, 0.3) is 10.9 Å². The minimum Gasteiger partial charge on any atom is -0.347 e. The number of terminal acetylenes is 1. The molecular weight excluding hydrogens is 244 g/mol. The van der Waals surface area contributed by atoms with Crippen LogP contribution in [-0.2, 0) is 13.0 Å². The molecule has 2 rings (SSSR count). The van der Waals surface area contributed by atoms with Gasteiger partial charge in [0.2, 0.25) is 0 Å². The molecule has 0 radical (unpaired) electrons. The van der Waals surface area contributed by atoms with Gasteiger partial charge in [-0.25, -0.2) is 0 Å². The number of nitrogens with one attached hydrogen (secondary N) is 1. The average molecular weight is 268 g/mol. The third-order valence-electron chi connectivity index (χ3n) is 3.71. The van der Waals surface area contributed by atoms with E-state index in [0.29, 0.717) is 0 Å². The highest BCUT2D eigenvalue weighted by Gasteiger charge is 2.07.